The van der Waals surface area contributed by atoms with Crippen LogP contribution in [0.15, 0.2) is 48.6 Å². The van der Waals surface area contributed by atoms with Crippen LogP contribution < -0.4 is 0 Å². The predicted octanol–water partition coefficient (Wildman–Crippen LogP) is 3.49. The normalized spacial score (nSPS) is 10.9. The quantitative estimate of drug-likeness (QED) is 0.672. The molecule has 118 valence electrons. The summed E-state index contributed by atoms with van der Waals surface area (Å²) in [5.41, 5.74) is 1.87. The molecule has 0 unspecified atom stereocenters. The van der Waals surface area contributed by atoms with Crippen molar-refractivity contribution in [3.05, 3.63) is 65.6 Å². The van der Waals surface area contributed by atoms with Crippen molar-refractivity contribution in [3.63, 3.8) is 0 Å². The number of rotatable bonds is 5. The molecule has 3 aromatic rings. The number of nitrogens with zero attached hydrogens (tertiary/aromatic N) is 3. The average Bonchev–Trinajstić information content (AvgIpc) is 3.12. The van der Waals surface area contributed by atoms with Crippen LogP contribution in [0, 0.1) is 5.82 Å². The monoisotopic (exact) mass is 329 g/mol. The van der Waals surface area contributed by atoms with Crippen LogP contribution >= 0.6 is 11.3 Å². The fourth-order valence-electron chi connectivity index (χ4n) is 2.50. The largest absolute Gasteiger partial charge is 0.330 e. The summed E-state index contributed by atoms with van der Waals surface area (Å²) < 4.78 is 16.2. The van der Waals surface area contributed by atoms with E-state index in [4.69, 9.17) is 0 Å². The van der Waals surface area contributed by atoms with Crippen molar-refractivity contribution >= 4 is 27.3 Å². The topological polar surface area (TPSA) is 38.1 Å². The predicted molar refractivity (Wildman–Crippen MR) is 89.4 cm³/mol. The summed E-state index contributed by atoms with van der Waals surface area (Å²) in [7, 11) is 1.83. The maximum Gasteiger partial charge on any atom is 0.246 e. The van der Waals surface area contributed by atoms with Crippen LogP contribution in [0.5, 0.6) is 0 Å². The van der Waals surface area contributed by atoms with Gasteiger partial charge in [-0.25, -0.2) is 4.39 Å². The standard InChI is InChI=1S/C17H16FN3OS/c1-3-17(22)21(9-12-7-19-20(2)8-12)10-13-11-23-16-5-4-14(18)6-15(13)16/h3-8,11H,1,9-10H2,2H3. The van der Waals surface area contributed by atoms with Crippen molar-refractivity contribution in [2.45, 2.75) is 13.1 Å². The lowest BCUT2D eigenvalue weighted by molar-refractivity contribution is -0.127. The van der Waals surface area contributed by atoms with Gasteiger partial charge in [-0.05, 0) is 35.2 Å². The molecule has 0 fully saturated rings. The zero-order valence-electron chi connectivity index (χ0n) is 12.7. The van der Waals surface area contributed by atoms with E-state index < -0.39 is 0 Å². The molecule has 0 spiro atoms. The Hall–Kier alpha value is -2.47. The van der Waals surface area contributed by atoms with E-state index in [0.29, 0.717) is 13.1 Å². The number of halogens is 1. The third-order valence-corrected chi connectivity index (χ3v) is 4.61. The molecule has 3 rings (SSSR count). The number of benzene rings is 1. The van der Waals surface area contributed by atoms with Gasteiger partial charge in [0.05, 0.1) is 6.20 Å². The van der Waals surface area contributed by atoms with Crippen LogP contribution in [0.4, 0.5) is 4.39 Å². The number of fused-ring (bicyclic) bond motifs is 1. The molecule has 4 nitrogen and oxygen atoms in total. The minimum absolute atomic E-state index is 0.162. The molecule has 0 atom stereocenters. The first-order valence-corrected chi connectivity index (χ1v) is 7.99. The molecule has 0 aliphatic carbocycles. The summed E-state index contributed by atoms with van der Waals surface area (Å²) in [6.45, 7) is 4.41. The van der Waals surface area contributed by atoms with Gasteiger partial charge >= 0.3 is 0 Å². The van der Waals surface area contributed by atoms with Crippen molar-refractivity contribution in [2.75, 3.05) is 0 Å². The second-order valence-corrected chi connectivity index (χ2v) is 6.23. The number of thiophene rings is 1. The highest BCUT2D eigenvalue weighted by molar-refractivity contribution is 7.17. The number of hydrogen-bond donors (Lipinski definition) is 0. The number of carbonyl (C=O) groups excluding carboxylic acids is 1. The number of amides is 1. The van der Waals surface area contributed by atoms with Gasteiger partial charge in [-0.2, -0.15) is 5.10 Å². The van der Waals surface area contributed by atoms with Crippen molar-refractivity contribution < 1.29 is 9.18 Å². The molecule has 1 amide bonds. The molecule has 2 aromatic heterocycles. The molecule has 0 aliphatic rings. The van der Waals surface area contributed by atoms with E-state index in [0.717, 1.165) is 21.2 Å². The fourth-order valence-corrected chi connectivity index (χ4v) is 3.43. The molecule has 0 radical (unpaired) electrons. The van der Waals surface area contributed by atoms with Crippen LogP contribution in [-0.2, 0) is 24.9 Å². The first-order chi connectivity index (χ1) is 11.1. The first-order valence-electron chi connectivity index (χ1n) is 7.11. The van der Waals surface area contributed by atoms with Crippen LogP contribution in [0.25, 0.3) is 10.1 Å². The summed E-state index contributed by atoms with van der Waals surface area (Å²) in [5, 5.41) is 6.94. The Morgan fingerprint density at radius 2 is 2.30 bits per heavy atom. The van der Waals surface area contributed by atoms with E-state index in [-0.39, 0.29) is 11.7 Å². The zero-order valence-corrected chi connectivity index (χ0v) is 13.5. The lowest BCUT2D eigenvalue weighted by Gasteiger charge is -2.20. The second kappa shape index (κ2) is 6.34. The summed E-state index contributed by atoms with van der Waals surface area (Å²) in [5.74, 6) is -0.435. The lowest BCUT2D eigenvalue weighted by atomic mass is 10.1. The van der Waals surface area contributed by atoms with Crippen LogP contribution in [0.2, 0.25) is 0 Å². The van der Waals surface area contributed by atoms with E-state index in [1.54, 1.807) is 33.2 Å². The van der Waals surface area contributed by atoms with Crippen LogP contribution in [0.3, 0.4) is 0 Å². The minimum Gasteiger partial charge on any atom is -0.330 e. The highest BCUT2D eigenvalue weighted by Crippen LogP contribution is 2.28. The highest BCUT2D eigenvalue weighted by Gasteiger charge is 2.15. The van der Waals surface area contributed by atoms with Crippen molar-refractivity contribution in [3.8, 4) is 0 Å². The summed E-state index contributed by atoms with van der Waals surface area (Å²) in [4.78, 5) is 13.8. The average molecular weight is 329 g/mol. The molecule has 0 saturated carbocycles. The Morgan fingerprint density at radius 1 is 1.48 bits per heavy atom. The number of aromatic nitrogens is 2. The van der Waals surface area contributed by atoms with Crippen molar-refractivity contribution in [1.82, 2.24) is 14.7 Å². The Kier molecular flexibility index (Phi) is 4.25. The molecule has 1 aromatic carbocycles. The van der Waals surface area contributed by atoms with Crippen LogP contribution in [0.1, 0.15) is 11.1 Å². The Morgan fingerprint density at radius 3 is 3.00 bits per heavy atom. The number of hydrogen-bond acceptors (Lipinski definition) is 3. The molecule has 0 saturated heterocycles. The molecule has 2 heterocycles. The summed E-state index contributed by atoms with van der Waals surface area (Å²) in [6.07, 6.45) is 4.90. The van der Waals surface area contributed by atoms with Gasteiger partial charge in [0.2, 0.25) is 5.91 Å². The van der Waals surface area contributed by atoms with Gasteiger partial charge in [-0.1, -0.05) is 6.58 Å². The van der Waals surface area contributed by atoms with E-state index >= 15 is 0 Å². The van der Waals surface area contributed by atoms with Gasteiger partial charge in [-0.3, -0.25) is 9.48 Å². The SMILES string of the molecule is C=CC(=O)N(Cc1cnn(C)c1)Cc1csc2ccc(F)cc12. The fraction of sp³-hybridized carbons (Fsp3) is 0.176. The first kappa shape index (κ1) is 15.4. The molecular weight excluding hydrogens is 313 g/mol. The minimum atomic E-state index is -0.272. The summed E-state index contributed by atoms with van der Waals surface area (Å²) >= 11 is 1.55. The maximum atomic E-state index is 13.5. The van der Waals surface area contributed by atoms with Crippen LogP contribution in [-0.4, -0.2) is 20.6 Å². The maximum absolute atomic E-state index is 13.5. The van der Waals surface area contributed by atoms with Gasteiger partial charge in [0, 0.05) is 42.0 Å². The molecular formula is C17H16FN3OS. The van der Waals surface area contributed by atoms with E-state index in [2.05, 4.69) is 11.7 Å². The number of aryl methyl sites for hydroxylation is 1. The van der Waals surface area contributed by atoms with Gasteiger partial charge < -0.3 is 4.90 Å². The highest BCUT2D eigenvalue weighted by atomic mass is 32.1. The zero-order chi connectivity index (χ0) is 16.4. The van der Waals surface area contributed by atoms with Gasteiger partial charge in [-0.15, -0.1) is 11.3 Å². The van der Waals surface area contributed by atoms with Crippen molar-refractivity contribution in [1.29, 1.82) is 0 Å². The molecule has 0 N–H and O–H groups in total. The molecule has 0 aliphatic heterocycles. The van der Waals surface area contributed by atoms with E-state index in [1.807, 2.05) is 18.6 Å². The second-order valence-electron chi connectivity index (χ2n) is 5.32. The Labute approximate surface area is 137 Å². The third-order valence-electron chi connectivity index (χ3n) is 3.59. The van der Waals surface area contributed by atoms with E-state index in [9.17, 15) is 9.18 Å². The van der Waals surface area contributed by atoms with E-state index in [1.165, 1.54) is 18.2 Å². The smallest absolute Gasteiger partial charge is 0.246 e. The van der Waals surface area contributed by atoms with Gasteiger partial charge in [0.25, 0.3) is 0 Å². The molecule has 6 heteroatoms. The Balaban J connectivity index is 1.89. The molecule has 0 bridgehead atoms. The lowest BCUT2D eigenvalue weighted by Crippen LogP contribution is -2.28. The van der Waals surface area contributed by atoms with Gasteiger partial charge in [0.1, 0.15) is 5.82 Å². The van der Waals surface area contributed by atoms with Crippen molar-refractivity contribution in [2.24, 2.45) is 7.05 Å². The van der Waals surface area contributed by atoms with Gasteiger partial charge in [0.15, 0.2) is 0 Å². The molecule has 23 heavy (non-hydrogen) atoms. The Bertz CT molecular complexity index is 868. The third kappa shape index (κ3) is 3.32. The summed E-state index contributed by atoms with van der Waals surface area (Å²) in [6, 6.07) is 4.73. The number of carbonyl (C=O) groups is 1.